The lowest BCUT2D eigenvalue weighted by atomic mass is 9.96. The number of carbonyl (C=O) groups excluding carboxylic acids is 1. The van der Waals surface area contributed by atoms with E-state index < -0.39 is 9.84 Å². The highest BCUT2D eigenvalue weighted by molar-refractivity contribution is 7.91. The minimum absolute atomic E-state index is 0.0940. The summed E-state index contributed by atoms with van der Waals surface area (Å²) >= 11 is 0. The Morgan fingerprint density at radius 3 is 2.69 bits per heavy atom. The Kier molecular flexibility index (Phi) is 3.44. The second-order valence-electron chi connectivity index (χ2n) is 3.58. The second kappa shape index (κ2) is 4.19. The predicted molar refractivity (Wildman–Crippen MR) is 50.3 cm³/mol. The van der Waals surface area contributed by atoms with Crippen LogP contribution in [0.15, 0.2) is 0 Å². The van der Waals surface area contributed by atoms with Crippen LogP contribution in [0.5, 0.6) is 0 Å². The number of nitrogens with one attached hydrogen (secondary N) is 1. The van der Waals surface area contributed by atoms with E-state index in [4.69, 9.17) is 0 Å². The van der Waals surface area contributed by atoms with Crippen LogP contribution in [0.1, 0.15) is 12.8 Å². The first kappa shape index (κ1) is 10.7. The van der Waals surface area contributed by atoms with Crippen molar-refractivity contribution in [1.82, 2.24) is 5.32 Å². The van der Waals surface area contributed by atoms with Gasteiger partial charge in [-0.05, 0) is 19.4 Å². The summed E-state index contributed by atoms with van der Waals surface area (Å²) in [6, 6.07) is 0. The van der Waals surface area contributed by atoms with Gasteiger partial charge in [0, 0.05) is 18.7 Å². The van der Waals surface area contributed by atoms with E-state index in [1.54, 1.807) is 0 Å². The Morgan fingerprint density at radius 1 is 1.54 bits per heavy atom. The summed E-state index contributed by atoms with van der Waals surface area (Å²) in [5.74, 6) is -0.544. The maximum absolute atomic E-state index is 11.4. The lowest BCUT2D eigenvalue weighted by Gasteiger charge is -2.20. The Balaban J connectivity index is 2.47. The molecule has 1 N–H and O–H groups in total. The third-order valence-corrected chi connectivity index (χ3v) is 2.97. The summed E-state index contributed by atoms with van der Waals surface area (Å²) in [4.78, 5) is 11.4. The molecule has 4 nitrogen and oxygen atoms in total. The fraction of sp³-hybridized carbons (Fsp3) is 0.875. The molecule has 0 aliphatic carbocycles. The third-order valence-electron chi connectivity index (χ3n) is 2.16. The normalized spacial score (nSPS) is 24.2. The van der Waals surface area contributed by atoms with E-state index in [1.807, 2.05) is 0 Å². The van der Waals surface area contributed by atoms with Gasteiger partial charge >= 0.3 is 0 Å². The van der Waals surface area contributed by atoms with E-state index in [9.17, 15) is 13.2 Å². The molecule has 1 saturated heterocycles. The predicted octanol–water partition coefficient (Wildman–Crippen LogP) is -0.400. The van der Waals surface area contributed by atoms with E-state index in [-0.39, 0.29) is 17.5 Å². The zero-order chi connectivity index (χ0) is 9.90. The molecule has 0 aromatic heterocycles. The summed E-state index contributed by atoms with van der Waals surface area (Å²) in [7, 11) is -3.15. The van der Waals surface area contributed by atoms with Gasteiger partial charge in [0.1, 0.15) is 5.75 Å². The van der Waals surface area contributed by atoms with Gasteiger partial charge in [0.05, 0.1) is 0 Å². The van der Waals surface area contributed by atoms with Crippen molar-refractivity contribution in [2.75, 3.05) is 25.1 Å². The molecule has 76 valence electrons. The van der Waals surface area contributed by atoms with Crippen LogP contribution in [0.4, 0.5) is 0 Å². The molecule has 0 amide bonds. The molecule has 1 aliphatic rings. The Morgan fingerprint density at radius 2 is 2.23 bits per heavy atom. The average Bonchev–Trinajstić information content (AvgIpc) is 2.03. The molecule has 13 heavy (non-hydrogen) atoms. The molecule has 0 bridgehead atoms. The molecule has 0 saturated carbocycles. The van der Waals surface area contributed by atoms with Gasteiger partial charge in [-0.15, -0.1) is 0 Å². The molecule has 5 heteroatoms. The van der Waals surface area contributed by atoms with Crippen LogP contribution in [-0.4, -0.2) is 39.3 Å². The highest BCUT2D eigenvalue weighted by Gasteiger charge is 2.23. The Hall–Kier alpha value is -0.420. The number of Topliss-reactive ketones (excluding diaryl/α,β-unsaturated/α-hetero) is 1. The quantitative estimate of drug-likeness (QED) is 0.681. The first-order valence-corrected chi connectivity index (χ1v) is 6.46. The van der Waals surface area contributed by atoms with Crippen molar-refractivity contribution >= 4 is 15.6 Å². The lowest BCUT2D eigenvalue weighted by Crippen LogP contribution is -2.36. The van der Waals surface area contributed by atoms with Crippen LogP contribution in [0.3, 0.4) is 0 Å². The number of hydrogen-bond donors (Lipinski definition) is 1. The summed E-state index contributed by atoms with van der Waals surface area (Å²) in [6.07, 6.45) is 2.88. The summed E-state index contributed by atoms with van der Waals surface area (Å²) < 4.78 is 21.7. The molecule has 1 atom stereocenters. The molecule has 1 heterocycles. The van der Waals surface area contributed by atoms with Crippen molar-refractivity contribution in [3.8, 4) is 0 Å². The number of carbonyl (C=O) groups is 1. The van der Waals surface area contributed by atoms with Crippen LogP contribution in [0.25, 0.3) is 0 Å². The maximum Gasteiger partial charge on any atom is 0.154 e. The van der Waals surface area contributed by atoms with Gasteiger partial charge in [-0.1, -0.05) is 0 Å². The van der Waals surface area contributed by atoms with E-state index in [2.05, 4.69) is 5.32 Å². The molecule has 1 rings (SSSR count). The summed E-state index contributed by atoms with van der Waals surface area (Å²) in [6.45, 7) is 1.57. The van der Waals surface area contributed by atoms with Crippen molar-refractivity contribution in [3.63, 3.8) is 0 Å². The van der Waals surface area contributed by atoms with Crippen LogP contribution in [0, 0.1) is 5.92 Å². The van der Waals surface area contributed by atoms with Gasteiger partial charge < -0.3 is 5.32 Å². The van der Waals surface area contributed by atoms with E-state index >= 15 is 0 Å². The smallest absolute Gasteiger partial charge is 0.154 e. The molecule has 0 spiro atoms. The van der Waals surface area contributed by atoms with Crippen LogP contribution in [0.2, 0.25) is 0 Å². The van der Waals surface area contributed by atoms with Crippen LogP contribution < -0.4 is 5.32 Å². The van der Waals surface area contributed by atoms with Crippen molar-refractivity contribution in [1.29, 1.82) is 0 Å². The monoisotopic (exact) mass is 205 g/mol. The number of hydrogen-bond acceptors (Lipinski definition) is 4. The fourth-order valence-corrected chi connectivity index (χ4v) is 2.26. The fourth-order valence-electron chi connectivity index (χ4n) is 1.50. The molecule has 1 aliphatic heterocycles. The van der Waals surface area contributed by atoms with Crippen LogP contribution >= 0.6 is 0 Å². The molecule has 0 aromatic rings. The molecular formula is C8H15NO3S. The standard InChI is InChI=1S/C8H15NO3S/c1-13(11,12)6-8(10)7-3-2-4-9-5-7/h7,9H,2-6H2,1H3. The van der Waals surface area contributed by atoms with Crippen molar-refractivity contribution in [2.45, 2.75) is 12.8 Å². The second-order valence-corrected chi connectivity index (χ2v) is 5.72. The maximum atomic E-state index is 11.4. The van der Waals surface area contributed by atoms with Crippen molar-refractivity contribution in [3.05, 3.63) is 0 Å². The Labute approximate surface area is 78.6 Å². The van der Waals surface area contributed by atoms with Crippen molar-refractivity contribution < 1.29 is 13.2 Å². The number of piperidine rings is 1. The highest BCUT2D eigenvalue weighted by atomic mass is 32.2. The lowest BCUT2D eigenvalue weighted by molar-refractivity contribution is -0.120. The first-order valence-electron chi connectivity index (χ1n) is 4.40. The number of rotatable bonds is 3. The van der Waals surface area contributed by atoms with E-state index in [0.717, 1.165) is 25.6 Å². The zero-order valence-electron chi connectivity index (χ0n) is 7.75. The summed E-state index contributed by atoms with van der Waals surface area (Å²) in [5, 5.41) is 3.09. The first-order chi connectivity index (χ1) is 5.99. The Bertz CT molecular complexity index is 278. The minimum atomic E-state index is -3.15. The van der Waals surface area contributed by atoms with Gasteiger partial charge in [0.15, 0.2) is 15.6 Å². The van der Waals surface area contributed by atoms with Gasteiger partial charge in [0.25, 0.3) is 0 Å². The van der Waals surface area contributed by atoms with Gasteiger partial charge in [-0.2, -0.15) is 0 Å². The van der Waals surface area contributed by atoms with E-state index in [1.165, 1.54) is 0 Å². The molecule has 0 aromatic carbocycles. The van der Waals surface area contributed by atoms with Crippen molar-refractivity contribution in [2.24, 2.45) is 5.92 Å². The summed E-state index contributed by atoms with van der Waals surface area (Å²) in [5.41, 5.74) is 0. The van der Waals surface area contributed by atoms with E-state index in [0.29, 0.717) is 6.54 Å². The SMILES string of the molecule is CS(=O)(=O)CC(=O)C1CCCNC1. The largest absolute Gasteiger partial charge is 0.316 e. The number of ketones is 1. The molecule has 0 radical (unpaired) electrons. The number of sulfone groups is 1. The molecular weight excluding hydrogens is 190 g/mol. The topological polar surface area (TPSA) is 63.2 Å². The van der Waals surface area contributed by atoms with Gasteiger partial charge in [0.2, 0.25) is 0 Å². The zero-order valence-corrected chi connectivity index (χ0v) is 8.56. The van der Waals surface area contributed by atoms with Crippen LogP contribution in [-0.2, 0) is 14.6 Å². The molecule has 1 unspecified atom stereocenters. The third kappa shape index (κ3) is 3.87. The van der Waals surface area contributed by atoms with Gasteiger partial charge in [-0.3, -0.25) is 4.79 Å². The highest BCUT2D eigenvalue weighted by Crippen LogP contribution is 2.11. The molecule has 1 fully saturated rings. The van der Waals surface area contributed by atoms with Gasteiger partial charge in [-0.25, -0.2) is 8.42 Å². The average molecular weight is 205 g/mol. The minimum Gasteiger partial charge on any atom is -0.316 e.